The number of amides is 1. The zero-order valence-corrected chi connectivity index (χ0v) is 15.5. The Balaban J connectivity index is 1.53. The summed E-state index contributed by atoms with van der Waals surface area (Å²) in [7, 11) is 0. The van der Waals surface area contributed by atoms with E-state index < -0.39 is 5.54 Å². The number of benzene rings is 1. The normalized spacial score (nSPS) is 15.8. The van der Waals surface area contributed by atoms with Crippen molar-refractivity contribution in [1.82, 2.24) is 20.5 Å². The van der Waals surface area contributed by atoms with Gasteiger partial charge in [-0.2, -0.15) is 5.26 Å². The van der Waals surface area contributed by atoms with E-state index in [1.807, 2.05) is 30.4 Å². The fourth-order valence-corrected chi connectivity index (χ4v) is 3.62. The molecule has 134 valence electrons. The number of nitrogens with zero attached hydrogens (tertiary/aromatic N) is 3. The highest BCUT2D eigenvalue weighted by molar-refractivity contribution is 7.99. The van der Waals surface area contributed by atoms with E-state index >= 15 is 0 Å². The second-order valence-corrected chi connectivity index (χ2v) is 7.37. The van der Waals surface area contributed by atoms with Crippen molar-refractivity contribution in [2.45, 2.75) is 43.3 Å². The predicted octanol–water partition coefficient (Wildman–Crippen LogP) is 3.33. The fraction of sp³-hybridized carbons (Fsp3) is 0.368. The van der Waals surface area contributed by atoms with E-state index in [1.165, 1.54) is 17.3 Å². The molecule has 1 aromatic heterocycles. The van der Waals surface area contributed by atoms with Crippen molar-refractivity contribution in [3.63, 3.8) is 0 Å². The number of carbonyl (C=O) groups excluding carboxylic acids is 1. The zero-order valence-electron chi connectivity index (χ0n) is 14.7. The van der Waals surface area contributed by atoms with Crippen LogP contribution in [0.1, 0.15) is 42.6 Å². The Kier molecular flexibility index (Phi) is 5.74. The van der Waals surface area contributed by atoms with Crippen molar-refractivity contribution in [2.24, 2.45) is 0 Å². The van der Waals surface area contributed by atoms with Gasteiger partial charge >= 0.3 is 0 Å². The first kappa shape index (κ1) is 18.2. The van der Waals surface area contributed by atoms with E-state index in [1.54, 1.807) is 0 Å². The molecule has 7 heteroatoms. The number of hydrogen-bond acceptors (Lipinski definition) is 5. The van der Waals surface area contributed by atoms with Gasteiger partial charge in [0.1, 0.15) is 11.4 Å². The minimum atomic E-state index is -0.682. The number of hydrogen-bond donors (Lipinski definition) is 2. The Bertz CT molecular complexity index is 846. The van der Waals surface area contributed by atoms with Gasteiger partial charge in [0.25, 0.3) is 0 Å². The summed E-state index contributed by atoms with van der Waals surface area (Å²) in [6.45, 7) is 2.05. The Hall–Kier alpha value is -2.59. The lowest BCUT2D eigenvalue weighted by Gasteiger charge is -2.21. The Morgan fingerprint density at radius 2 is 2.15 bits per heavy atom. The molecule has 0 unspecified atom stereocenters. The number of thioether (sulfide) groups is 1. The van der Waals surface area contributed by atoms with Crippen molar-refractivity contribution >= 4 is 29.8 Å². The molecular formula is C19H21N5OS. The third-order valence-corrected chi connectivity index (χ3v) is 5.32. The van der Waals surface area contributed by atoms with E-state index in [-0.39, 0.29) is 11.7 Å². The van der Waals surface area contributed by atoms with Crippen LogP contribution in [0.4, 0.5) is 0 Å². The summed E-state index contributed by atoms with van der Waals surface area (Å²) >= 11 is 1.26. The van der Waals surface area contributed by atoms with Crippen LogP contribution in [0.3, 0.4) is 0 Å². The summed E-state index contributed by atoms with van der Waals surface area (Å²) in [6, 6.07) is 10.3. The molecule has 1 amide bonds. The maximum Gasteiger partial charge on any atom is 0.231 e. The minimum absolute atomic E-state index is 0.153. The van der Waals surface area contributed by atoms with Gasteiger partial charge in [-0.05, 0) is 49.8 Å². The highest BCUT2D eigenvalue weighted by Crippen LogP contribution is 2.29. The highest BCUT2D eigenvalue weighted by atomic mass is 32.2. The van der Waals surface area contributed by atoms with Gasteiger partial charge < -0.3 is 5.32 Å². The molecule has 1 aromatic carbocycles. The molecule has 1 saturated carbocycles. The number of nitriles is 1. The van der Waals surface area contributed by atoms with Crippen LogP contribution in [0.5, 0.6) is 0 Å². The van der Waals surface area contributed by atoms with Gasteiger partial charge in [-0.1, -0.05) is 42.1 Å². The minimum Gasteiger partial charge on any atom is -0.337 e. The maximum atomic E-state index is 12.1. The first-order valence-electron chi connectivity index (χ1n) is 8.61. The molecule has 0 saturated heterocycles. The predicted molar refractivity (Wildman–Crippen MR) is 102 cm³/mol. The first-order chi connectivity index (χ1) is 12.6. The highest BCUT2D eigenvalue weighted by Gasteiger charge is 2.35. The monoisotopic (exact) mass is 367 g/mol. The van der Waals surface area contributed by atoms with Gasteiger partial charge in [-0.25, -0.2) is 4.98 Å². The van der Waals surface area contributed by atoms with Crippen LogP contribution in [0.15, 0.2) is 29.4 Å². The smallest absolute Gasteiger partial charge is 0.231 e. The summed E-state index contributed by atoms with van der Waals surface area (Å²) in [5.74, 6) is 0.683. The average Bonchev–Trinajstić information content (AvgIpc) is 3.29. The number of nitrogens with one attached hydrogen (secondary N) is 2. The molecule has 26 heavy (non-hydrogen) atoms. The van der Waals surface area contributed by atoms with Gasteiger partial charge in [-0.15, -0.1) is 5.10 Å². The molecule has 2 aromatic rings. The van der Waals surface area contributed by atoms with Gasteiger partial charge in [0, 0.05) is 0 Å². The van der Waals surface area contributed by atoms with Crippen molar-refractivity contribution < 1.29 is 4.79 Å². The summed E-state index contributed by atoms with van der Waals surface area (Å²) in [5.41, 5.74) is 1.63. The quantitative estimate of drug-likeness (QED) is 0.764. The van der Waals surface area contributed by atoms with E-state index in [0.717, 1.165) is 31.2 Å². The summed E-state index contributed by atoms with van der Waals surface area (Å²) in [6.07, 6.45) is 7.27. The third-order valence-electron chi connectivity index (χ3n) is 4.47. The molecule has 0 bridgehead atoms. The molecule has 0 aliphatic heterocycles. The molecule has 0 atom stereocenters. The number of aromatic nitrogens is 3. The van der Waals surface area contributed by atoms with Crippen LogP contribution >= 0.6 is 11.8 Å². The third kappa shape index (κ3) is 4.52. The number of aromatic amines is 1. The molecule has 3 rings (SSSR count). The lowest BCUT2D eigenvalue weighted by molar-refractivity contribution is -0.119. The molecule has 1 aliphatic carbocycles. The van der Waals surface area contributed by atoms with Gasteiger partial charge in [0.05, 0.1) is 11.8 Å². The molecule has 0 spiro atoms. The largest absolute Gasteiger partial charge is 0.337 e. The number of aryl methyl sites for hydroxylation is 1. The Labute approximate surface area is 157 Å². The molecule has 1 heterocycles. The van der Waals surface area contributed by atoms with Crippen LogP contribution < -0.4 is 5.32 Å². The molecule has 2 N–H and O–H groups in total. The average molecular weight is 367 g/mol. The second-order valence-electron chi connectivity index (χ2n) is 6.43. The van der Waals surface area contributed by atoms with Crippen LogP contribution in [-0.4, -0.2) is 32.4 Å². The Morgan fingerprint density at radius 3 is 2.88 bits per heavy atom. The topological polar surface area (TPSA) is 94.5 Å². The lowest BCUT2D eigenvalue weighted by Crippen LogP contribution is -2.45. The van der Waals surface area contributed by atoms with Gasteiger partial charge in [0.2, 0.25) is 11.1 Å². The summed E-state index contributed by atoms with van der Waals surface area (Å²) in [4.78, 5) is 16.5. The summed E-state index contributed by atoms with van der Waals surface area (Å²) in [5, 5.41) is 19.7. The zero-order chi connectivity index (χ0) is 18.4. The molecule has 6 nitrogen and oxygen atoms in total. The fourth-order valence-electron chi connectivity index (χ4n) is 3.02. The van der Waals surface area contributed by atoms with Crippen molar-refractivity contribution in [3.05, 3.63) is 41.2 Å². The van der Waals surface area contributed by atoms with E-state index in [2.05, 4.69) is 39.6 Å². The lowest BCUT2D eigenvalue weighted by atomic mass is 10.0. The van der Waals surface area contributed by atoms with E-state index in [0.29, 0.717) is 11.0 Å². The van der Waals surface area contributed by atoms with E-state index in [9.17, 15) is 10.1 Å². The summed E-state index contributed by atoms with van der Waals surface area (Å²) < 4.78 is 0. The van der Waals surface area contributed by atoms with Crippen molar-refractivity contribution in [2.75, 3.05) is 5.75 Å². The van der Waals surface area contributed by atoms with Crippen LogP contribution in [0.2, 0.25) is 0 Å². The van der Waals surface area contributed by atoms with Gasteiger partial charge in [-0.3, -0.25) is 9.89 Å². The van der Waals surface area contributed by atoms with Crippen LogP contribution in [0.25, 0.3) is 12.2 Å². The van der Waals surface area contributed by atoms with Crippen molar-refractivity contribution in [3.8, 4) is 6.07 Å². The van der Waals surface area contributed by atoms with Crippen LogP contribution in [-0.2, 0) is 4.79 Å². The molecule has 1 fully saturated rings. The maximum absolute atomic E-state index is 12.1. The number of carbonyl (C=O) groups is 1. The first-order valence-corrected chi connectivity index (χ1v) is 9.60. The standard InChI is InChI=1S/C19H21N5OS/c1-14-6-2-3-7-15(14)8-9-16-21-18(24-23-16)26-12-17(25)22-19(13-20)10-4-5-11-19/h2-3,6-9H,4-5,10-12H2,1H3,(H,22,25)(H,21,23,24)/b9-8+. The second kappa shape index (κ2) is 8.19. The number of rotatable bonds is 6. The van der Waals surface area contributed by atoms with Gasteiger partial charge in [0.15, 0.2) is 0 Å². The molecule has 1 aliphatic rings. The number of H-pyrrole nitrogens is 1. The Morgan fingerprint density at radius 1 is 1.38 bits per heavy atom. The molecule has 0 radical (unpaired) electrons. The van der Waals surface area contributed by atoms with E-state index in [4.69, 9.17) is 0 Å². The van der Waals surface area contributed by atoms with Crippen molar-refractivity contribution in [1.29, 1.82) is 5.26 Å². The van der Waals surface area contributed by atoms with Crippen LogP contribution in [0, 0.1) is 18.3 Å². The molecular weight excluding hydrogens is 346 g/mol. The SMILES string of the molecule is Cc1ccccc1/C=C/c1nc(SCC(=O)NC2(C#N)CCCC2)n[nH]1.